The lowest BCUT2D eigenvalue weighted by Gasteiger charge is -2.30. The molecule has 0 heterocycles. The molecule has 0 aliphatic heterocycles. The summed E-state index contributed by atoms with van der Waals surface area (Å²) in [5, 5.41) is 7.26. The quantitative estimate of drug-likeness (QED) is 0.517. The van der Waals surface area contributed by atoms with Gasteiger partial charge in [-0.25, -0.2) is 0 Å². The lowest BCUT2D eigenvalue weighted by atomic mass is 10.2. The van der Waals surface area contributed by atoms with Crippen LogP contribution in [0.3, 0.4) is 0 Å². The molecule has 0 aromatic heterocycles. The van der Waals surface area contributed by atoms with Crippen molar-refractivity contribution in [3.05, 3.63) is 0 Å². The smallest absolute Gasteiger partial charge is 0.166 e. The highest BCUT2D eigenvalue weighted by molar-refractivity contribution is 7.80. The summed E-state index contributed by atoms with van der Waals surface area (Å²) in [7, 11) is 0. The van der Waals surface area contributed by atoms with Crippen LogP contribution in [0.5, 0.6) is 0 Å². The molecule has 0 aromatic carbocycles. The van der Waals surface area contributed by atoms with E-state index in [-0.39, 0.29) is 0 Å². The van der Waals surface area contributed by atoms with Gasteiger partial charge in [-0.05, 0) is 46.3 Å². The fourth-order valence-electron chi connectivity index (χ4n) is 1.85. The van der Waals surface area contributed by atoms with Gasteiger partial charge in [0.15, 0.2) is 5.11 Å². The van der Waals surface area contributed by atoms with E-state index in [1.807, 2.05) is 0 Å². The number of rotatable bonds is 8. The Morgan fingerprint density at radius 3 is 2.06 bits per heavy atom. The first-order valence-electron chi connectivity index (χ1n) is 6.76. The molecule has 4 heteroatoms. The van der Waals surface area contributed by atoms with Crippen LogP contribution in [-0.4, -0.2) is 41.7 Å². The zero-order chi connectivity index (χ0) is 13.3. The van der Waals surface area contributed by atoms with Gasteiger partial charge in [-0.2, -0.15) is 0 Å². The van der Waals surface area contributed by atoms with Gasteiger partial charge in [0.25, 0.3) is 0 Å². The van der Waals surface area contributed by atoms with Crippen molar-refractivity contribution in [1.29, 1.82) is 0 Å². The Labute approximate surface area is 112 Å². The van der Waals surface area contributed by atoms with E-state index in [2.05, 4.69) is 50.2 Å². The minimum atomic E-state index is 0.582. The summed E-state index contributed by atoms with van der Waals surface area (Å²) in [6, 6.07) is 1.16. The molecule has 0 radical (unpaired) electrons. The Hall–Kier alpha value is -0.350. The average Bonchev–Trinajstić information content (AvgIpc) is 2.23. The maximum absolute atomic E-state index is 5.21. The van der Waals surface area contributed by atoms with E-state index >= 15 is 0 Å². The summed E-state index contributed by atoms with van der Waals surface area (Å²) in [5.74, 6) is 0. The monoisotopic (exact) mass is 259 g/mol. The molecule has 0 rings (SSSR count). The number of hydrogen-bond donors (Lipinski definition) is 2. The normalized spacial score (nSPS) is 11.3. The second kappa shape index (κ2) is 9.66. The molecule has 0 aliphatic carbocycles. The summed E-state index contributed by atoms with van der Waals surface area (Å²) in [6.45, 7) is 14.0. The molecule has 0 saturated heterocycles. The van der Waals surface area contributed by atoms with Crippen LogP contribution < -0.4 is 10.6 Å². The van der Waals surface area contributed by atoms with Gasteiger partial charge >= 0.3 is 0 Å². The molecule has 0 saturated carbocycles. The van der Waals surface area contributed by atoms with E-state index in [0.29, 0.717) is 12.1 Å². The highest BCUT2D eigenvalue weighted by Crippen LogP contribution is 2.03. The van der Waals surface area contributed by atoms with E-state index in [1.165, 1.54) is 12.8 Å². The van der Waals surface area contributed by atoms with E-state index in [1.54, 1.807) is 0 Å². The molecule has 0 fully saturated rings. The molecular formula is C13H29N3S. The fourth-order valence-corrected chi connectivity index (χ4v) is 2.06. The first-order valence-corrected chi connectivity index (χ1v) is 7.17. The van der Waals surface area contributed by atoms with Gasteiger partial charge in [0, 0.05) is 31.7 Å². The van der Waals surface area contributed by atoms with Crippen molar-refractivity contribution in [2.75, 3.05) is 19.6 Å². The summed E-state index contributed by atoms with van der Waals surface area (Å²) in [5.41, 5.74) is 0. The zero-order valence-corrected chi connectivity index (χ0v) is 12.9. The molecule has 0 atom stereocenters. The van der Waals surface area contributed by atoms with Crippen molar-refractivity contribution in [3.63, 3.8) is 0 Å². The number of hydrogen-bond acceptors (Lipinski definition) is 2. The molecule has 102 valence electrons. The number of nitrogens with one attached hydrogen (secondary N) is 2. The number of nitrogens with zero attached hydrogens (tertiary/aromatic N) is 1. The maximum atomic E-state index is 5.21. The van der Waals surface area contributed by atoms with Crippen molar-refractivity contribution >= 4 is 17.3 Å². The molecule has 2 N–H and O–H groups in total. The van der Waals surface area contributed by atoms with Crippen LogP contribution in [0.15, 0.2) is 0 Å². The summed E-state index contributed by atoms with van der Waals surface area (Å²) in [4.78, 5) is 2.46. The highest BCUT2D eigenvalue weighted by atomic mass is 32.1. The van der Waals surface area contributed by atoms with Crippen LogP contribution in [-0.2, 0) is 0 Å². The zero-order valence-electron chi connectivity index (χ0n) is 12.0. The third-order valence-corrected chi connectivity index (χ3v) is 3.09. The Morgan fingerprint density at radius 2 is 1.59 bits per heavy atom. The summed E-state index contributed by atoms with van der Waals surface area (Å²) in [6.07, 6.45) is 2.37. The van der Waals surface area contributed by atoms with Crippen molar-refractivity contribution < 1.29 is 0 Å². The van der Waals surface area contributed by atoms with Crippen LogP contribution in [0, 0.1) is 0 Å². The molecule has 0 bridgehead atoms. The molecule has 3 nitrogen and oxygen atoms in total. The molecule has 0 aliphatic rings. The molecular weight excluding hydrogens is 230 g/mol. The van der Waals surface area contributed by atoms with E-state index in [9.17, 15) is 0 Å². The highest BCUT2D eigenvalue weighted by Gasteiger charge is 2.12. The van der Waals surface area contributed by atoms with Crippen LogP contribution in [0.2, 0.25) is 0 Å². The Morgan fingerprint density at radius 1 is 1.06 bits per heavy atom. The topological polar surface area (TPSA) is 27.3 Å². The van der Waals surface area contributed by atoms with Crippen molar-refractivity contribution in [3.8, 4) is 0 Å². The number of unbranched alkanes of at least 4 members (excludes halogenated alkanes) is 1. The van der Waals surface area contributed by atoms with Crippen molar-refractivity contribution in [2.24, 2.45) is 0 Å². The van der Waals surface area contributed by atoms with E-state index < -0.39 is 0 Å². The standard InChI is InChI=1S/C13H29N3S/c1-6-7-8-14-13(17)15-9-10-16(11(2)3)12(4)5/h11-12H,6-10H2,1-5H3,(H2,14,15,17). The van der Waals surface area contributed by atoms with Gasteiger partial charge in [0.1, 0.15) is 0 Å². The van der Waals surface area contributed by atoms with Gasteiger partial charge < -0.3 is 10.6 Å². The summed E-state index contributed by atoms with van der Waals surface area (Å²) >= 11 is 5.21. The first-order chi connectivity index (χ1) is 7.99. The van der Waals surface area contributed by atoms with Crippen molar-refractivity contribution in [1.82, 2.24) is 15.5 Å². The first kappa shape index (κ1) is 16.6. The SMILES string of the molecule is CCCCNC(=S)NCCN(C(C)C)C(C)C. The van der Waals surface area contributed by atoms with Crippen LogP contribution in [0.25, 0.3) is 0 Å². The fraction of sp³-hybridized carbons (Fsp3) is 0.923. The largest absolute Gasteiger partial charge is 0.363 e. The van der Waals surface area contributed by atoms with Crippen LogP contribution >= 0.6 is 12.2 Å². The minimum absolute atomic E-state index is 0.582. The van der Waals surface area contributed by atoms with Crippen LogP contribution in [0.1, 0.15) is 47.5 Å². The second-order valence-electron chi connectivity index (χ2n) is 4.96. The summed E-state index contributed by atoms with van der Waals surface area (Å²) < 4.78 is 0. The molecule has 0 aromatic rings. The minimum Gasteiger partial charge on any atom is -0.363 e. The van der Waals surface area contributed by atoms with Gasteiger partial charge in [-0.3, -0.25) is 4.90 Å². The predicted molar refractivity (Wildman–Crippen MR) is 80.5 cm³/mol. The van der Waals surface area contributed by atoms with Crippen molar-refractivity contribution in [2.45, 2.75) is 59.5 Å². The van der Waals surface area contributed by atoms with Gasteiger partial charge in [-0.1, -0.05) is 13.3 Å². The lowest BCUT2D eigenvalue weighted by Crippen LogP contribution is -2.44. The number of thiocarbonyl (C=S) groups is 1. The van der Waals surface area contributed by atoms with Gasteiger partial charge in [0.05, 0.1) is 0 Å². The van der Waals surface area contributed by atoms with Gasteiger partial charge in [-0.15, -0.1) is 0 Å². The van der Waals surface area contributed by atoms with Crippen LogP contribution in [0.4, 0.5) is 0 Å². The molecule has 17 heavy (non-hydrogen) atoms. The lowest BCUT2D eigenvalue weighted by molar-refractivity contribution is 0.178. The van der Waals surface area contributed by atoms with Gasteiger partial charge in [0.2, 0.25) is 0 Å². The Balaban J connectivity index is 3.70. The molecule has 0 amide bonds. The predicted octanol–water partition coefficient (Wildman–Crippen LogP) is 2.37. The third-order valence-electron chi connectivity index (χ3n) is 2.80. The Kier molecular flexibility index (Phi) is 9.46. The second-order valence-corrected chi connectivity index (χ2v) is 5.37. The maximum Gasteiger partial charge on any atom is 0.166 e. The Bertz CT molecular complexity index is 197. The molecule has 0 unspecified atom stereocenters. The third kappa shape index (κ3) is 8.38. The van der Waals surface area contributed by atoms with E-state index in [0.717, 1.165) is 24.7 Å². The molecule has 0 spiro atoms. The van der Waals surface area contributed by atoms with E-state index in [4.69, 9.17) is 12.2 Å². The average molecular weight is 259 g/mol.